The predicted molar refractivity (Wildman–Crippen MR) is 112 cm³/mol. The molecule has 0 spiro atoms. The molecular formula is C21H25N5OS. The Morgan fingerprint density at radius 1 is 1.36 bits per heavy atom. The van der Waals surface area contributed by atoms with E-state index in [0.717, 1.165) is 40.0 Å². The van der Waals surface area contributed by atoms with Crippen LogP contribution in [0.4, 0.5) is 0 Å². The first-order valence-corrected chi connectivity index (χ1v) is 10.9. The van der Waals surface area contributed by atoms with Crippen LogP contribution in [0, 0.1) is 12.8 Å². The molecule has 146 valence electrons. The zero-order chi connectivity index (χ0) is 19.3. The molecule has 2 aromatic heterocycles. The Labute approximate surface area is 168 Å². The minimum Gasteiger partial charge on any atom is -0.348 e. The Balaban J connectivity index is 1.37. The number of nitrogens with one attached hydrogen (secondary N) is 2. The van der Waals surface area contributed by atoms with Gasteiger partial charge in [0.25, 0.3) is 5.91 Å². The maximum Gasteiger partial charge on any atom is 0.272 e. The number of likely N-dealkylation sites (tertiary alicyclic amines) is 1. The molecule has 1 aliphatic carbocycles. The molecule has 1 aromatic carbocycles. The van der Waals surface area contributed by atoms with Crippen molar-refractivity contribution < 1.29 is 4.79 Å². The molecule has 2 aliphatic rings. The number of hydrogen-bond donors (Lipinski definition) is 2. The fraction of sp³-hybridized carbons (Fsp3) is 0.476. The highest BCUT2D eigenvalue weighted by Gasteiger charge is 2.39. The van der Waals surface area contributed by atoms with Gasteiger partial charge in [-0.2, -0.15) is 5.10 Å². The van der Waals surface area contributed by atoms with Crippen molar-refractivity contribution in [3.63, 3.8) is 0 Å². The van der Waals surface area contributed by atoms with Gasteiger partial charge in [-0.25, -0.2) is 4.98 Å². The second-order valence-electron chi connectivity index (χ2n) is 8.22. The van der Waals surface area contributed by atoms with Crippen LogP contribution in [0.15, 0.2) is 23.6 Å². The lowest BCUT2D eigenvalue weighted by molar-refractivity contribution is 0.0932. The summed E-state index contributed by atoms with van der Waals surface area (Å²) >= 11 is 1.62. The molecule has 0 bridgehead atoms. The van der Waals surface area contributed by atoms with Crippen molar-refractivity contribution in [2.45, 2.75) is 44.7 Å². The van der Waals surface area contributed by atoms with Crippen molar-refractivity contribution in [1.29, 1.82) is 0 Å². The highest BCUT2D eigenvalue weighted by atomic mass is 32.1. The number of H-pyrrole nitrogens is 1. The van der Waals surface area contributed by atoms with Crippen molar-refractivity contribution in [2.75, 3.05) is 13.6 Å². The molecule has 2 unspecified atom stereocenters. The molecule has 3 heterocycles. The third-order valence-corrected chi connectivity index (χ3v) is 7.30. The topological polar surface area (TPSA) is 73.9 Å². The predicted octanol–water partition coefficient (Wildman–Crippen LogP) is 3.60. The number of fused-ring (bicyclic) bond motifs is 2. The van der Waals surface area contributed by atoms with Crippen LogP contribution in [0.2, 0.25) is 0 Å². The van der Waals surface area contributed by atoms with Crippen LogP contribution in [0.1, 0.15) is 41.9 Å². The summed E-state index contributed by atoms with van der Waals surface area (Å²) in [6, 6.07) is 6.87. The quantitative estimate of drug-likeness (QED) is 0.711. The first kappa shape index (κ1) is 17.8. The highest BCUT2D eigenvalue weighted by molar-refractivity contribution is 7.13. The van der Waals surface area contributed by atoms with Gasteiger partial charge in [0.05, 0.1) is 5.52 Å². The SMILES string of the molecule is Cc1csc(-c2ccc3[nH]nc(C(=O)N[C@@H]4CC5CCCN(C)C5C4)c3c2)n1. The van der Waals surface area contributed by atoms with E-state index in [-0.39, 0.29) is 11.9 Å². The number of thiazole rings is 1. The van der Waals surface area contributed by atoms with Gasteiger partial charge in [-0.05, 0) is 70.3 Å². The third-order valence-electron chi connectivity index (χ3n) is 6.29. The van der Waals surface area contributed by atoms with E-state index in [1.807, 2.05) is 30.5 Å². The molecule has 1 saturated carbocycles. The van der Waals surface area contributed by atoms with Gasteiger partial charge in [0, 0.05) is 34.1 Å². The summed E-state index contributed by atoms with van der Waals surface area (Å²) in [6.45, 7) is 3.16. The molecule has 3 atom stereocenters. The summed E-state index contributed by atoms with van der Waals surface area (Å²) in [5.74, 6) is 0.629. The number of rotatable bonds is 3. The number of benzene rings is 1. The number of aromatic nitrogens is 3. The van der Waals surface area contributed by atoms with E-state index in [4.69, 9.17) is 0 Å². The zero-order valence-corrected chi connectivity index (χ0v) is 17.1. The molecular weight excluding hydrogens is 370 g/mol. The van der Waals surface area contributed by atoms with Crippen LogP contribution in [-0.4, -0.2) is 51.7 Å². The Morgan fingerprint density at radius 2 is 2.25 bits per heavy atom. The van der Waals surface area contributed by atoms with Gasteiger partial charge in [0.15, 0.2) is 5.69 Å². The second kappa shape index (κ2) is 6.97. The molecule has 1 amide bonds. The lowest BCUT2D eigenvalue weighted by Gasteiger charge is -2.34. The van der Waals surface area contributed by atoms with Crippen molar-refractivity contribution in [3.05, 3.63) is 35.0 Å². The molecule has 28 heavy (non-hydrogen) atoms. The third kappa shape index (κ3) is 3.12. The summed E-state index contributed by atoms with van der Waals surface area (Å²) in [7, 11) is 2.21. The lowest BCUT2D eigenvalue weighted by atomic mass is 9.92. The van der Waals surface area contributed by atoms with Crippen molar-refractivity contribution in [2.24, 2.45) is 5.92 Å². The molecule has 2 N–H and O–H groups in total. The molecule has 7 heteroatoms. The van der Waals surface area contributed by atoms with Crippen LogP contribution in [0.3, 0.4) is 0 Å². The monoisotopic (exact) mass is 395 g/mol. The molecule has 1 aliphatic heterocycles. The minimum atomic E-state index is -0.0787. The second-order valence-corrected chi connectivity index (χ2v) is 9.08. The van der Waals surface area contributed by atoms with Crippen LogP contribution in [-0.2, 0) is 0 Å². The molecule has 0 radical (unpaired) electrons. The van der Waals surface area contributed by atoms with E-state index in [0.29, 0.717) is 17.7 Å². The smallest absolute Gasteiger partial charge is 0.272 e. The van der Waals surface area contributed by atoms with Gasteiger partial charge in [0.2, 0.25) is 0 Å². The van der Waals surface area contributed by atoms with Crippen molar-refractivity contribution >= 4 is 28.1 Å². The molecule has 6 nitrogen and oxygen atoms in total. The number of hydrogen-bond acceptors (Lipinski definition) is 5. The Bertz CT molecular complexity index is 1020. The average Bonchev–Trinajstić information content (AvgIpc) is 3.39. The average molecular weight is 396 g/mol. The Morgan fingerprint density at radius 3 is 3.04 bits per heavy atom. The van der Waals surface area contributed by atoms with Gasteiger partial charge in [-0.1, -0.05) is 0 Å². The lowest BCUT2D eigenvalue weighted by Crippen LogP contribution is -2.40. The standard InChI is InChI=1S/C21H25N5OS/c1-12-11-28-21(22-12)14-5-6-17-16(9-14)19(25-24-17)20(27)23-15-8-13-4-3-7-26(2)18(13)10-15/h5-6,9,11,13,15,18H,3-4,7-8,10H2,1-2H3,(H,23,27)(H,24,25)/t13?,15-,18?/m1/s1. The fourth-order valence-electron chi connectivity index (χ4n) is 4.90. The van der Waals surface area contributed by atoms with Gasteiger partial charge in [0.1, 0.15) is 5.01 Å². The van der Waals surface area contributed by atoms with Gasteiger partial charge in [-0.3, -0.25) is 9.89 Å². The van der Waals surface area contributed by atoms with E-state index in [9.17, 15) is 4.79 Å². The summed E-state index contributed by atoms with van der Waals surface area (Å²) in [4.78, 5) is 20.0. The van der Waals surface area contributed by atoms with Crippen LogP contribution in [0.25, 0.3) is 21.5 Å². The summed E-state index contributed by atoms with van der Waals surface area (Å²) in [5.41, 5.74) is 3.39. The van der Waals surface area contributed by atoms with Crippen molar-refractivity contribution in [1.82, 2.24) is 25.4 Å². The summed E-state index contributed by atoms with van der Waals surface area (Å²) < 4.78 is 0. The van der Waals surface area contributed by atoms with E-state index >= 15 is 0 Å². The molecule has 3 aromatic rings. The normalized spacial score (nSPS) is 25.1. The minimum absolute atomic E-state index is 0.0787. The summed E-state index contributed by atoms with van der Waals surface area (Å²) in [6.07, 6.45) is 4.66. The number of carbonyl (C=O) groups is 1. The maximum atomic E-state index is 13.0. The number of nitrogens with zero attached hydrogens (tertiary/aromatic N) is 3. The van der Waals surface area contributed by atoms with Crippen LogP contribution >= 0.6 is 11.3 Å². The van der Waals surface area contributed by atoms with Gasteiger partial charge in [-0.15, -0.1) is 11.3 Å². The van der Waals surface area contributed by atoms with Gasteiger partial charge < -0.3 is 10.2 Å². The number of amides is 1. The van der Waals surface area contributed by atoms with Crippen molar-refractivity contribution in [3.8, 4) is 10.6 Å². The Kier molecular flexibility index (Phi) is 4.44. The molecule has 1 saturated heterocycles. The fourth-order valence-corrected chi connectivity index (χ4v) is 5.69. The Hall–Kier alpha value is -2.25. The maximum absolute atomic E-state index is 13.0. The van der Waals surface area contributed by atoms with Crippen LogP contribution in [0.5, 0.6) is 0 Å². The summed E-state index contributed by atoms with van der Waals surface area (Å²) in [5, 5.41) is 14.4. The van der Waals surface area contributed by atoms with Crippen LogP contribution < -0.4 is 5.32 Å². The van der Waals surface area contributed by atoms with E-state index in [1.165, 1.54) is 19.4 Å². The van der Waals surface area contributed by atoms with E-state index in [1.54, 1.807) is 11.3 Å². The molecule has 2 fully saturated rings. The molecule has 5 rings (SSSR count). The number of carbonyl (C=O) groups excluding carboxylic acids is 1. The number of piperidine rings is 1. The first-order valence-electron chi connectivity index (χ1n) is 10.00. The van der Waals surface area contributed by atoms with Gasteiger partial charge >= 0.3 is 0 Å². The number of aromatic amines is 1. The zero-order valence-electron chi connectivity index (χ0n) is 16.2. The largest absolute Gasteiger partial charge is 0.348 e. The van der Waals surface area contributed by atoms with E-state index < -0.39 is 0 Å². The number of aryl methyl sites for hydroxylation is 1. The first-order chi connectivity index (χ1) is 13.6. The van der Waals surface area contributed by atoms with E-state index in [2.05, 4.69) is 32.4 Å². The highest BCUT2D eigenvalue weighted by Crippen LogP contribution is 2.36.